The van der Waals surface area contributed by atoms with Crippen molar-refractivity contribution in [2.24, 2.45) is 0 Å². The molecule has 1 aromatic carbocycles. The number of likely N-dealkylation sites (tertiary alicyclic amines) is 1. The molecule has 3 rings (SSSR count). The number of benzene rings is 1. The van der Waals surface area contributed by atoms with Crippen molar-refractivity contribution < 1.29 is 28.6 Å². The molecule has 8 nitrogen and oxygen atoms in total. The number of ether oxygens (including phenoxy) is 1. The monoisotopic (exact) mass is 386 g/mol. The van der Waals surface area contributed by atoms with E-state index in [2.05, 4.69) is 5.32 Å². The number of carboxylic acid groups (broad SMARTS) is 1. The minimum absolute atomic E-state index is 0.0230. The Morgan fingerprint density at radius 2 is 1.96 bits per heavy atom. The molecule has 148 valence electrons. The van der Waals surface area contributed by atoms with Crippen LogP contribution in [-0.2, 0) is 11.2 Å². The number of carbonyl (C=O) groups excluding carboxylic acids is 2. The van der Waals surface area contributed by atoms with Crippen molar-refractivity contribution in [1.82, 2.24) is 4.90 Å². The maximum absolute atomic E-state index is 12.4. The summed E-state index contributed by atoms with van der Waals surface area (Å²) in [5, 5.41) is 11.8. The third kappa shape index (κ3) is 4.51. The Bertz CT molecular complexity index is 883. The average molecular weight is 386 g/mol. The molecule has 2 N–H and O–H groups in total. The number of aryl methyl sites for hydroxylation is 1. The molecule has 1 aliphatic heterocycles. The van der Waals surface area contributed by atoms with Gasteiger partial charge in [-0.2, -0.15) is 0 Å². The van der Waals surface area contributed by atoms with Crippen LogP contribution in [0, 0.1) is 0 Å². The summed E-state index contributed by atoms with van der Waals surface area (Å²) in [7, 11) is 0. The molecule has 0 saturated carbocycles. The first-order valence-electron chi connectivity index (χ1n) is 9.16. The van der Waals surface area contributed by atoms with Gasteiger partial charge in [0.1, 0.15) is 17.1 Å². The summed E-state index contributed by atoms with van der Waals surface area (Å²) in [5.41, 5.74) is 0.424. The maximum Gasteiger partial charge on any atom is 0.339 e. The highest BCUT2D eigenvalue weighted by molar-refractivity contribution is 6.04. The molecule has 0 aliphatic carbocycles. The molecule has 2 heterocycles. The second kappa shape index (κ2) is 8.60. The second-order valence-electron chi connectivity index (χ2n) is 6.46. The fourth-order valence-electron chi connectivity index (χ4n) is 3.04. The van der Waals surface area contributed by atoms with Crippen molar-refractivity contribution in [3.05, 3.63) is 47.4 Å². The number of anilines is 1. The smallest absolute Gasteiger partial charge is 0.339 e. The van der Waals surface area contributed by atoms with Crippen LogP contribution in [0.25, 0.3) is 0 Å². The lowest BCUT2D eigenvalue weighted by Gasteiger charge is -2.15. The summed E-state index contributed by atoms with van der Waals surface area (Å²) in [6.45, 7) is 3.22. The Hall–Kier alpha value is -3.29. The highest BCUT2D eigenvalue weighted by Crippen LogP contribution is 2.21. The second-order valence-corrected chi connectivity index (χ2v) is 6.46. The number of hydrogen-bond donors (Lipinski definition) is 2. The number of hydrogen-bond acceptors (Lipinski definition) is 5. The van der Waals surface area contributed by atoms with Crippen molar-refractivity contribution in [1.29, 1.82) is 0 Å². The minimum Gasteiger partial charge on any atom is -0.484 e. The molecule has 0 radical (unpaired) electrons. The quantitative estimate of drug-likeness (QED) is 0.757. The predicted molar refractivity (Wildman–Crippen MR) is 101 cm³/mol. The van der Waals surface area contributed by atoms with E-state index >= 15 is 0 Å². The van der Waals surface area contributed by atoms with Crippen molar-refractivity contribution in [2.45, 2.75) is 26.2 Å². The Morgan fingerprint density at radius 1 is 1.21 bits per heavy atom. The molecule has 1 aromatic heterocycles. The van der Waals surface area contributed by atoms with Crippen LogP contribution in [0.5, 0.6) is 5.75 Å². The van der Waals surface area contributed by atoms with Crippen LogP contribution in [0.2, 0.25) is 0 Å². The van der Waals surface area contributed by atoms with Gasteiger partial charge >= 0.3 is 5.97 Å². The molecule has 8 heteroatoms. The summed E-state index contributed by atoms with van der Waals surface area (Å²) >= 11 is 0. The van der Waals surface area contributed by atoms with Crippen LogP contribution in [0.15, 0.2) is 34.7 Å². The number of carboxylic acids is 1. The van der Waals surface area contributed by atoms with Gasteiger partial charge in [0.15, 0.2) is 12.4 Å². The zero-order chi connectivity index (χ0) is 20.1. The SMILES string of the molecule is CCc1oc(C(=O)Nc2cccc(OCC(=O)N3CCCC3)c2)cc1C(=O)O. The Labute approximate surface area is 162 Å². The minimum atomic E-state index is -1.14. The van der Waals surface area contributed by atoms with Gasteiger partial charge in [-0.05, 0) is 25.0 Å². The summed E-state index contributed by atoms with van der Waals surface area (Å²) in [6.07, 6.45) is 2.40. The fourth-order valence-corrected chi connectivity index (χ4v) is 3.04. The van der Waals surface area contributed by atoms with Crippen LogP contribution >= 0.6 is 0 Å². The van der Waals surface area contributed by atoms with E-state index in [0.717, 1.165) is 25.9 Å². The number of amides is 2. The van der Waals surface area contributed by atoms with E-state index in [1.807, 2.05) is 0 Å². The summed E-state index contributed by atoms with van der Waals surface area (Å²) < 4.78 is 10.9. The van der Waals surface area contributed by atoms with E-state index in [1.54, 1.807) is 36.1 Å². The molecule has 2 amide bonds. The lowest BCUT2D eigenvalue weighted by molar-refractivity contribution is -0.132. The lowest BCUT2D eigenvalue weighted by Crippen LogP contribution is -2.32. The molecular formula is C20H22N2O6. The Morgan fingerprint density at radius 3 is 2.61 bits per heavy atom. The van der Waals surface area contributed by atoms with Crippen LogP contribution in [0.3, 0.4) is 0 Å². The molecule has 0 bridgehead atoms. The number of nitrogens with zero attached hydrogens (tertiary/aromatic N) is 1. The molecule has 1 aliphatic rings. The van der Waals surface area contributed by atoms with E-state index in [1.165, 1.54) is 6.07 Å². The first-order valence-corrected chi connectivity index (χ1v) is 9.16. The van der Waals surface area contributed by atoms with Gasteiger partial charge in [0.05, 0.1) is 0 Å². The normalized spacial score (nSPS) is 13.4. The lowest BCUT2D eigenvalue weighted by atomic mass is 10.2. The van der Waals surface area contributed by atoms with Gasteiger partial charge in [0.25, 0.3) is 11.8 Å². The summed E-state index contributed by atoms with van der Waals surface area (Å²) in [4.78, 5) is 37.4. The number of rotatable bonds is 7. The van der Waals surface area contributed by atoms with E-state index < -0.39 is 11.9 Å². The third-order valence-corrected chi connectivity index (χ3v) is 4.50. The molecule has 2 aromatic rings. The topological polar surface area (TPSA) is 109 Å². The van der Waals surface area contributed by atoms with Crippen LogP contribution in [0.4, 0.5) is 5.69 Å². The molecule has 0 spiro atoms. The van der Waals surface area contributed by atoms with Gasteiger partial charge < -0.3 is 24.5 Å². The van der Waals surface area contributed by atoms with Gasteiger partial charge in [0, 0.05) is 37.3 Å². The van der Waals surface area contributed by atoms with E-state index in [9.17, 15) is 14.4 Å². The van der Waals surface area contributed by atoms with Gasteiger partial charge in [-0.1, -0.05) is 13.0 Å². The highest BCUT2D eigenvalue weighted by Gasteiger charge is 2.21. The first-order chi connectivity index (χ1) is 13.5. The number of furan rings is 1. The molecule has 0 atom stereocenters. The van der Waals surface area contributed by atoms with Gasteiger partial charge in [-0.15, -0.1) is 0 Å². The summed E-state index contributed by atoms with van der Waals surface area (Å²) in [5.74, 6) is -1.15. The van der Waals surface area contributed by atoms with Gasteiger partial charge in [-0.3, -0.25) is 9.59 Å². The molecule has 1 saturated heterocycles. The van der Waals surface area contributed by atoms with E-state index in [4.69, 9.17) is 14.3 Å². The third-order valence-electron chi connectivity index (χ3n) is 4.50. The predicted octanol–water partition coefficient (Wildman–Crippen LogP) is 2.79. The molecule has 28 heavy (non-hydrogen) atoms. The van der Waals surface area contributed by atoms with Crippen LogP contribution in [-0.4, -0.2) is 47.5 Å². The van der Waals surface area contributed by atoms with E-state index in [-0.39, 0.29) is 29.6 Å². The molecule has 1 fully saturated rings. The van der Waals surface area contributed by atoms with Crippen molar-refractivity contribution in [3.8, 4) is 5.75 Å². The number of nitrogens with one attached hydrogen (secondary N) is 1. The Balaban J connectivity index is 1.63. The van der Waals surface area contributed by atoms with Gasteiger partial charge in [-0.25, -0.2) is 4.79 Å². The largest absolute Gasteiger partial charge is 0.484 e. The van der Waals surface area contributed by atoms with Crippen LogP contribution in [0.1, 0.15) is 46.4 Å². The number of carbonyl (C=O) groups is 3. The average Bonchev–Trinajstić information content (AvgIpc) is 3.36. The van der Waals surface area contributed by atoms with Gasteiger partial charge in [0.2, 0.25) is 0 Å². The van der Waals surface area contributed by atoms with Crippen LogP contribution < -0.4 is 10.1 Å². The Kier molecular flexibility index (Phi) is 5.98. The standard InChI is InChI=1S/C20H22N2O6/c1-2-16-15(20(25)26)11-17(28-16)19(24)21-13-6-5-7-14(10-13)27-12-18(23)22-8-3-4-9-22/h5-7,10-11H,2-4,8-9,12H2,1H3,(H,21,24)(H,25,26). The zero-order valence-corrected chi connectivity index (χ0v) is 15.6. The van der Waals surface area contributed by atoms with E-state index in [0.29, 0.717) is 17.9 Å². The molecule has 0 unspecified atom stereocenters. The van der Waals surface area contributed by atoms with Crippen molar-refractivity contribution >= 4 is 23.5 Å². The summed E-state index contributed by atoms with van der Waals surface area (Å²) in [6, 6.07) is 7.85. The van der Waals surface area contributed by atoms with Crippen molar-refractivity contribution in [2.75, 3.05) is 25.0 Å². The van der Waals surface area contributed by atoms with Crippen molar-refractivity contribution in [3.63, 3.8) is 0 Å². The highest BCUT2D eigenvalue weighted by atomic mass is 16.5. The first kappa shape index (κ1) is 19.5. The molecular weight excluding hydrogens is 364 g/mol. The zero-order valence-electron chi connectivity index (χ0n) is 15.6. The number of aromatic carboxylic acids is 1. The fraction of sp³-hybridized carbons (Fsp3) is 0.350. The maximum atomic E-state index is 12.4.